The molecule has 1 atom stereocenters. The molecule has 0 saturated heterocycles. The van der Waals surface area contributed by atoms with Gasteiger partial charge in [-0.15, -0.1) is 5.11 Å². The SMILES string of the molecule is Cn1cnc2cc(-c3ccc(C[C@H](CC(=O)C4CCC(CNC(=O)OC(C)(C)C)CC4)C(=O)Nc4ccc(C5=NCN=N5)cc4)cc3)ccc21. The average molecular weight is 676 g/mol. The Balaban J connectivity index is 1.11. The Morgan fingerprint density at radius 2 is 1.62 bits per heavy atom. The minimum atomic E-state index is -0.547. The molecule has 1 aromatic heterocycles. The van der Waals surface area contributed by atoms with Crippen LogP contribution in [0.15, 0.2) is 88.3 Å². The highest BCUT2D eigenvalue weighted by atomic mass is 16.6. The van der Waals surface area contributed by atoms with Crippen molar-refractivity contribution in [3.63, 3.8) is 0 Å². The van der Waals surface area contributed by atoms with Crippen molar-refractivity contribution in [3.8, 4) is 11.1 Å². The number of ether oxygens (including phenoxy) is 1. The smallest absolute Gasteiger partial charge is 0.407 e. The summed E-state index contributed by atoms with van der Waals surface area (Å²) in [4.78, 5) is 48.4. The monoisotopic (exact) mass is 675 g/mol. The lowest BCUT2D eigenvalue weighted by molar-refractivity contribution is -0.129. The van der Waals surface area contributed by atoms with Gasteiger partial charge < -0.3 is 19.9 Å². The predicted molar refractivity (Wildman–Crippen MR) is 194 cm³/mol. The molecule has 2 heterocycles. The summed E-state index contributed by atoms with van der Waals surface area (Å²) in [5, 5.41) is 13.9. The normalized spacial score (nSPS) is 18.0. The zero-order chi connectivity index (χ0) is 35.3. The van der Waals surface area contributed by atoms with Crippen LogP contribution in [-0.2, 0) is 27.8 Å². The second-order valence-electron chi connectivity index (χ2n) is 14.4. The van der Waals surface area contributed by atoms with E-state index >= 15 is 0 Å². The zero-order valence-electron chi connectivity index (χ0n) is 29.2. The van der Waals surface area contributed by atoms with E-state index in [1.807, 2.05) is 75.1 Å². The number of hydrogen-bond donors (Lipinski definition) is 2. The van der Waals surface area contributed by atoms with Crippen molar-refractivity contribution in [3.05, 3.63) is 84.2 Å². The molecule has 11 heteroatoms. The molecule has 2 aliphatic rings. The van der Waals surface area contributed by atoms with Crippen LogP contribution in [0, 0.1) is 17.8 Å². The van der Waals surface area contributed by atoms with Gasteiger partial charge in [-0.1, -0.05) is 30.3 Å². The number of azo groups is 1. The summed E-state index contributed by atoms with van der Waals surface area (Å²) in [6.45, 7) is 6.38. The van der Waals surface area contributed by atoms with Crippen LogP contribution in [0.4, 0.5) is 10.5 Å². The molecular formula is C39H45N7O4. The van der Waals surface area contributed by atoms with Gasteiger partial charge in [0, 0.05) is 43.1 Å². The third-order valence-corrected chi connectivity index (χ3v) is 9.41. The summed E-state index contributed by atoms with van der Waals surface area (Å²) in [6, 6.07) is 21.8. The van der Waals surface area contributed by atoms with Crippen molar-refractivity contribution in [2.45, 2.75) is 64.9 Å². The van der Waals surface area contributed by atoms with Crippen LogP contribution in [0.3, 0.4) is 0 Å². The van der Waals surface area contributed by atoms with Gasteiger partial charge in [0.15, 0.2) is 12.5 Å². The highest BCUT2D eigenvalue weighted by molar-refractivity contribution is 6.01. The van der Waals surface area contributed by atoms with E-state index in [0.29, 0.717) is 37.1 Å². The number of imidazole rings is 1. The van der Waals surface area contributed by atoms with Gasteiger partial charge in [0.1, 0.15) is 11.4 Å². The molecule has 0 unspecified atom stereocenters. The number of carbonyl (C=O) groups is 3. The number of anilines is 1. The van der Waals surface area contributed by atoms with E-state index in [1.165, 1.54) is 0 Å². The topological polar surface area (TPSA) is 139 Å². The minimum absolute atomic E-state index is 0.104. The van der Waals surface area contributed by atoms with Gasteiger partial charge in [-0.2, -0.15) is 5.11 Å². The summed E-state index contributed by atoms with van der Waals surface area (Å²) in [7, 11) is 1.98. The van der Waals surface area contributed by atoms with Gasteiger partial charge in [0.2, 0.25) is 5.91 Å². The summed E-state index contributed by atoms with van der Waals surface area (Å²) < 4.78 is 7.36. The van der Waals surface area contributed by atoms with Gasteiger partial charge in [0.05, 0.1) is 17.4 Å². The quantitative estimate of drug-likeness (QED) is 0.170. The highest BCUT2D eigenvalue weighted by Crippen LogP contribution is 2.32. The molecule has 0 radical (unpaired) electrons. The zero-order valence-corrected chi connectivity index (χ0v) is 29.2. The number of amidine groups is 1. The summed E-state index contributed by atoms with van der Waals surface area (Å²) in [5.41, 5.74) is 6.04. The number of aryl methyl sites for hydroxylation is 1. The highest BCUT2D eigenvalue weighted by Gasteiger charge is 2.31. The molecule has 50 heavy (non-hydrogen) atoms. The predicted octanol–water partition coefficient (Wildman–Crippen LogP) is 7.50. The van der Waals surface area contributed by atoms with Gasteiger partial charge in [0.25, 0.3) is 0 Å². The van der Waals surface area contributed by atoms with E-state index in [4.69, 9.17) is 4.74 Å². The molecule has 260 valence electrons. The number of ketones is 1. The maximum Gasteiger partial charge on any atom is 0.407 e. The molecule has 0 spiro atoms. The number of Topliss-reactive ketones (excluding diaryl/α,β-unsaturated/α-hetero) is 1. The standard InChI is InChI=1S/C39H45N7O4/c1-39(2,3)50-38(49)40-22-26-7-11-28(12-8-26)35(47)21-31(37(48)44-32-16-13-29(14-17-32)36-41-23-43-45-36)19-25-5-9-27(10-6-25)30-15-18-34-33(20-30)42-24-46(34)4/h5-6,9-10,13-18,20,24,26,28,31H,7-8,11-12,19,21-23H2,1-4H3,(H,40,49)(H,44,48)/t26?,28?,31-/m1/s1. The molecule has 4 aromatic rings. The molecular weight excluding hydrogens is 630 g/mol. The molecule has 1 aliphatic heterocycles. The number of fused-ring (bicyclic) bond motifs is 1. The lowest BCUT2D eigenvalue weighted by Gasteiger charge is -2.29. The number of amides is 2. The molecule has 1 fully saturated rings. The Hall–Kier alpha value is -5.19. The Morgan fingerprint density at radius 1 is 0.920 bits per heavy atom. The fourth-order valence-corrected chi connectivity index (χ4v) is 6.66. The third-order valence-electron chi connectivity index (χ3n) is 9.41. The number of alkyl carbamates (subject to hydrolysis) is 1. The molecule has 3 aromatic carbocycles. The minimum Gasteiger partial charge on any atom is -0.444 e. The van der Waals surface area contributed by atoms with Crippen molar-refractivity contribution in [1.29, 1.82) is 0 Å². The number of aromatic nitrogens is 2. The van der Waals surface area contributed by atoms with Gasteiger partial charge in [-0.25, -0.2) is 14.8 Å². The van der Waals surface area contributed by atoms with Crippen LogP contribution in [0.5, 0.6) is 0 Å². The number of aliphatic imine (C=N–C) groups is 1. The van der Waals surface area contributed by atoms with E-state index in [9.17, 15) is 14.4 Å². The van der Waals surface area contributed by atoms with E-state index < -0.39 is 17.6 Å². The summed E-state index contributed by atoms with van der Waals surface area (Å²) in [5.74, 6) is 0.144. The van der Waals surface area contributed by atoms with Crippen molar-refractivity contribution in [2.75, 3.05) is 18.5 Å². The molecule has 1 saturated carbocycles. The molecule has 2 N–H and O–H groups in total. The van der Waals surface area contributed by atoms with Crippen molar-refractivity contribution in [2.24, 2.45) is 40.0 Å². The van der Waals surface area contributed by atoms with Crippen molar-refractivity contribution in [1.82, 2.24) is 14.9 Å². The molecule has 0 bridgehead atoms. The fourth-order valence-electron chi connectivity index (χ4n) is 6.66. The first-order valence-electron chi connectivity index (χ1n) is 17.3. The first kappa shape index (κ1) is 34.7. The first-order chi connectivity index (χ1) is 24.0. The lowest BCUT2D eigenvalue weighted by Crippen LogP contribution is -2.37. The Morgan fingerprint density at radius 3 is 2.30 bits per heavy atom. The van der Waals surface area contributed by atoms with Crippen molar-refractivity contribution < 1.29 is 19.1 Å². The number of benzene rings is 3. The third kappa shape index (κ3) is 8.88. The van der Waals surface area contributed by atoms with E-state index in [-0.39, 0.29) is 24.0 Å². The Kier molecular flexibility index (Phi) is 10.5. The molecule has 2 amide bonds. The van der Waals surface area contributed by atoms with E-state index in [1.54, 1.807) is 0 Å². The maximum absolute atomic E-state index is 13.8. The fraction of sp³-hybridized carbons (Fsp3) is 0.410. The number of nitrogens with one attached hydrogen (secondary N) is 2. The number of nitrogens with zero attached hydrogens (tertiary/aromatic N) is 5. The Labute approximate surface area is 292 Å². The van der Waals surface area contributed by atoms with Crippen molar-refractivity contribution >= 4 is 40.3 Å². The number of rotatable bonds is 11. The van der Waals surface area contributed by atoms with Gasteiger partial charge in [-0.05, 0) is 112 Å². The number of hydrogen-bond acceptors (Lipinski definition) is 8. The Bertz CT molecular complexity index is 1900. The van der Waals surface area contributed by atoms with Crippen LogP contribution in [-0.4, -0.2) is 52.0 Å². The molecule has 11 nitrogen and oxygen atoms in total. The lowest BCUT2D eigenvalue weighted by atomic mass is 9.77. The van der Waals surface area contributed by atoms with E-state index in [0.717, 1.165) is 59.0 Å². The molecule has 1 aliphatic carbocycles. The summed E-state index contributed by atoms with van der Waals surface area (Å²) in [6.07, 6.45) is 5.14. The van der Waals surface area contributed by atoms with Crippen LogP contribution >= 0.6 is 0 Å². The van der Waals surface area contributed by atoms with Crippen LogP contribution < -0.4 is 10.6 Å². The first-order valence-corrected chi connectivity index (χ1v) is 17.3. The van der Waals surface area contributed by atoms with Crippen LogP contribution in [0.2, 0.25) is 0 Å². The molecule has 6 rings (SSSR count). The average Bonchev–Trinajstić information content (AvgIpc) is 3.77. The second-order valence-corrected chi connectivity index (χ2v) is 14.4. The van der Waals surface area contributed by atoms with Crippen LogP contribution in [0.25, 0.3) is 22.2 Å². The van der Waals surface area contributed by atoms with Gasteiger partial charge in [-0.3, -0.25) is 9.59 Å². The maximum atomic E-state index is 13.8. The van der Waals surface area contributed by atoms with Gasteiger partial charge >= 0.3 is 6.09 Å². The number of carbonyl (C=O) groups excluding carboxylic acids is 3. The second kappa shape index (κ2) is 15.1. The van der Waals surface area contributed by atoms with E-state index in [2.05, 4.69) is 61.2 Å². The summed E-state index contributed by atoms with van der Waals surface area (Å²) >= 11 is 0. The largest absolute Gasteiger partial charge is 0.444 e. The van der Waals surface area contributed by atoms with Crippen LogP contribution in [0.1, 0.15) is 64.0 Å².